The van der Waals surface area contributed by atoms with Crippen molar-refractivity contribution >= 4 is 27.6 Å². The number of aromatic nitrogens is 3. The van der Waals surface area contributed by atoms with E-state index in [9.17, 15) is 8.42 Å². The first-order valence-electron chi connectivity index (χ1n) is 8.06. The van der Waals surface area contributed by atoms with Gasteiger partial charge in [0.25, 0.3) is 0 Å². The molecule has 1 unspecified atom stereocenters. The number of nitrogens with two attached hydrogens (primary N) is 1. The Hall–Kier alpha value is -2.26. The summed E-state index contributed by atoms with van der Waals surface area (Å²) in [5.74, 6) is 0.774. The Labute approximate surface area is 147 Å². The Bertz CT molecular complexity index is 842. The van der Waals surface area contributed by atoms with Crippen molar-refractivity contribution in [2.45, 2.75) is 31.1 Å². The van der Waals surface area contributed by atoms with Crippen molar-refractivity contribution in [1.29, 1.82) is 0 Å². The highest BCUT2D eigenvalue weighted by Crippen LogP contribution is 2.22. The van der Waals surface area contributed by atoms with Crippen LogP contribution in [0, 0.1) is 6.92 Å². The summed E-state index contributed by atoms with van der Waals surface area (Å²) in [5, 5.41) is 8.17. The van der Waals surface area contributed by atoms with Crippen molar-refractivity contribution in [1.82, 2.24) is 15.0 Å². The molecule has 3 N–H and O–H groups in total. The molecule has 0 aliphatic carbocycles. The zero-order valence-electron chi connectivity index (χ0n) is 13.8. The molecule has 8 nitrogen and oxygen atoms in total. The van der Waals surface area contributed by atoms with E-state index in [0.29, 0.717) is 23.1 Å². The fourth-order valence-corrected chi connectivity index (χ4v) is 3.49. The molecule has 1 aromatic carbocycles. The Morgan fingerprint density at radius 1 is 1.32 bits per heavy atom. The Kier molecular flexibility index (Phi) is 5.14. The van der Waals surface area contributed by atoms with Crippen LogP contribution in [0.3, 0.4) is 0 Å². The van der Waals surface area contributed by atoms with Gasteiger partial charge in [0.2, 0.25) is 21.9 Å². The quantitative estimate of drug-likeness (QED) is 0.831. The molecule has 1 radical (unpaired) electrons. The van der Waals surface area contributed by atoms with Gasteiger partial charge in [0.05, 0.1) is 5.75 Å². The first kappa shape index (κ1) is 17.6. The number of nitrogens with one attached hydrogen (secondary N) is 1. The minimum Gasteiger partial charge on any atom is -0.338 e. The van der Waals surface area contributed by atoms with Crippen molar-refractivity contribution in [3.63, 3.8) is 0 Å². The van der Waals surface area contributed by atoms with Gasteiger partial charge in [-0.3, -0.25) is 0 Å². The Balaban J connectivity index is 1.77. The molecule has 25 heavy (non-hydrogen) atoms. The maximum Gasteiger partial charge on any atom is 0.231 e. The fourth-order valence-electron chi connectivity index (χ4n) is 2.85. The largest absolute Gasteiger partial charge is 0.338 e. The monoisotopic (exact) mass is 361 g/mol. The molecular weight excluding hydrogens is 340 g/mol. The van der Waals surface area contributed by atoms with Crippen LogP contribution in [-0.2, 0) is 15.8 Å². The van der Waals surface area contributed by atoms with Crippen LogP contribution in [0.25, 0.3) is 0 Å². The SMILES string of the molecule is [CH2]C1CCCCN1c1ncnc(Nc2cccc(CS(N)(=O)=O)c2)n1. The van der Waals surface area contributed by atoms with Gasteiger partial charge in [-0.15, -0.1) is 0 Å². The number of primary sulfonamides is 1. The summed E-state index contributed by atoms with van der Waals surface area (Å²) in [4.78, 5) is 14.9. The summed E-state index contributed by atoms with van der Waals surface area (Å²) in [6.45, 7) is 5.03. The van der Waals surface area contributed by atoms with Crippen LogP contribution in [0.15, 0.2) is 30.6 Å². The molecule has 1 fully saturated rings. The minimum absolute atomic E-state index is 0.155. The van der Waals surface area contributed by atoms with E-state index < -0.39 is 10.0 Å². The highest BCUT2D eigenvalue weighted by atomic mass is 32.2. The number of hydrogen-bond acceptors (Lipinski definition) is 7. The van der Waals surface area contributed by atoms with Gasteiger partial charge in [0, 0.05) is 18.3 Å². The molecule has 9 heteroatoms. The van der Waals surface area contributed by atoms with Crippen LogP contribution in [0.5, 0.6) is 0 Å². The molecule has 1 saturated heterocycles. The zero-order chi connectivity index (χ0) is 17.9. The molecule has 1 aliphatic heterocycles. The van der Waals surface area contributed by atoms with Gasteiger partial charge < -0.3 is 10.2 Å². The van der Waals surface area contributed by atoms with Crippen molar-refractivity contribution in [3.05, 3.63) is 43.1 Å². The fraction of sp³-hybridized carbons (Fsp3) is 0.375. The number of anilines is 3. The van der Waals surface area contributed by atoms with Crippen molar-refractivity contribution in [2.75, 3.05) is 16.8 Å². The summed E-state index contributed by atoms with van der Waals surface area (Å²) >= 11 is 0. The summed E-state index contributed by atoms with van der Waals surface area (Å²) in [6, 6.07) is 7.12. The third-order valence-electron chi connectivity index (χ3n) is 3.99. The lowest BCUT2D eigenvalue weighted by Gasteiger charge is -2.33. The predicted molar refractivity (Wildman–Crippen MR) is 96.7 cm³/mol. The van der Waals surface area contributed by atoms with E-state index in [4.69, 9.17) is 5.14 Å². The zero-order valence-corrected chi connectivity index (χ0v) is 14.6. The van der Waals surface area contributed by atoms with E-state index in [0.717, 1.165) is 25.8 Å². The molecule has 1 aromatic heterocycles. The molecule has 1 atom stereocenters. The highest BCUT2D eigenvalue weighted by Gasteiger charge is 2.21. The van der Waals surface area contributed by atoms with Gasteiger partial charge in [-0.2, -0.15) is 4.98 Å². The average molecular weight is 361 g/mol. The molecule has 2 aromatic rings. The van der Waals surface area contributed by atoms with E-state index >= 15 is 0 Å². The molecule has 3 rings (SSSR count). The van der Waals surface area contributed by atoms with Gasteiger partial charge in [-0.1, -0.05) is 12.1 Å². The topological polar surface area (TPSA) is 114 Å². The molecule has 2 heterocycles. The second kappa shape index (κ2) is 7.32. The molecule has 0 bridgehead atoms. The number of rotatable bonds is 5. The van der Waals surface area contributed by atoms with Crippen LogP contribution in [0.2, 0.25) is 0 Å². The summed E-state index contributed by atoms with van der Waals surface area (Å²) in [6.07, 6.45) is 4.73. The Morgan fingerprint density at radius 2 is 2.16 bits per heavy atom. The lowest BCUT2D eigenvalue weighted by Crippen LogP contribution is -2.38. The standard InChI is InChI=1S/C16H21N6O2S/c1-12-5-2-3-8-22(12)16-19-11-18-15(21-16)20-14-7-4-6-13(9-14)10-25(17,23)24/h4,6-7,9,11-12H,1-3,5,8,10H2,(H2,17,23,24)(H,18,19,20,21). The second-order valence-electron chi connectivity index (χ2n) is 6.08. The van der Waals surface area contributed by atoms with Gasteiger partial charge in [-0.05, 0) is 43.9 Å². The molecular formula is C16H21N6O2S. The highest BCUT2D eigenvalue weighted by molar-refractivity contribution is 7.88. The van der Waals surface area contributed by atoms with Crippen LogP contribution >= 0.6 is 0 Å². The summed E-state index contributed by atoms with van der Waals surface area (Å²) in [7, 11) is -3.58. The summed E-state index contributed by atoms with van der Waals surface area (Å²) < 4.78 is 22.5. The van der Waals surface area contributed by atoms with Crippen LogP contribution < -0.4 is 15.4 Å². The van der Waals surface area contributed by atoms with Crippen molar-refractivity contribution in [3.8, 4) is 0 Å². The van der Waals surface area contributed by atoms with Gasteiger partial charge >= 0.3 is 0 Å². The van der Waals surface area contributed by atoms with Gasteiger partial charge in [0.1, 0.15) is 6.33 Å². The molecule has 0 spiro atoms. The normalized spacial score (nSPS) is 18.2. The third-order valence-corrected chi connectivity index (χ3v) is 4.73. The van der Waals surface area contributed by atoms with E-state index in [1.807, 2.05) is 0 Å². The van der Waals surface area contributed by atoms with E-state index in [1.54, 1.807) is 24.3 Å². The van der Waals surface area contributed by atoms with Crippen LogP contribution in [0.1, 0.15) is 24.8 Å². The Morgan fingerprint density at radius 3 is 2.92 bits per heavy atom. The van der Waals surface area contributed by atoms with Crippen LogP contribution in [0.4, 0.5) is 17.6 Å². The summed E-state index contributed by atoms with van der Waals surface area (Å²) in [5.41, 5.74) is 1.28. The third kappa shape index (κ3) is 4.86. The number of hydrogen-bond donors (Lipinski definition) is 2. The van der Waals surface area contributed by atoms with Crippen LogP contribution in [-0.4, -0.2) is 36.0 Å². The molecule has 133 valence electrons. The average Bonchev–Trinajstić information content (AvgIpc) is 2.54. The maximum atomic E-state index is 11.2. The number of piperidine rings is 1. The lowest BCUT2D eigenvalue weighted by atomic mass is 10.0. The van der Waals surface area contributed by atoms with Crippen molar-refractivity contribution < 1.29 is 8.42 Å². The lowest BCUT2D eigenvalue weighted by molar-refractivity contribution is 0.503. The molecule has 0 amide bonds. The maximum absolute atomic E-state index is 11.2. The number of benzene rings is 1. The smallest absolute Gasteiger partial charge is 0.231 e. The van der Waals surface area contributed by atoms with E-state index in [2.05, 4.69) is 32.1 Å². The second-order valence-corrected chi connectivity index (χ2v) is 7.70. The first-order chi connectivity index (χ1) is 11.9. The number of nitrogens with zero attached hydrogens (tertiary/aromatic N) is 4. The molecule has 0 saturated carbocycles. The first-order valence-corrected chi connectivity index (χ1v) is 9.77. The molecule has 1 aliphatic rings. The predicted octanol–water partition coefficient (Wildman–Crippen LogP) is 1.60. The minimum atomic E-state index is -3.58. The van der Waals surface area contributed by atoms with E-state index in [-0.39, 0.29) is 11.8 Å². The van der Waals surface area contributed by atoms with E-state index in [1.165, 1.54) is 6.33 Å². The van der Waals surface area contributed by atoms with Crippen molar-refractivity contribution in [2.24, 2.45) is 5.14 Å². The van der Waals surface area contributed by atoms with Gasteiger partial charge in [-0.25, -0.2) is 23.5 Å². The number of sulfonamides is 1. The van der Waals surface area contributed by atoms with Gasteiger partial charge in [0.15, 0.2) is 0 Å².